The van der Waals surface area contributed by atoms with Crippen molar-refractivity contribution in [1.82, 2.24) is 9.55 Å². The van der Waals surface area contributed by atoms with Gasteiger partial charge in [-0.3, -0.25) is 0 Å². The number of carboxylic acid groups (broad SMARTS) is 1. The van der Waals surface area contributed by atoms with Crippen LogP contribution in [0.1, 0.15) is 53.5 Å². The highest BCUT2D eigenvalue weighted by Crippen LogP contribution is 2.37. The van der Waals surface area contributed by atoms with E-state index in [9.17, 15) is 15.0 Å². The number of aliphatic hydroxyl groups excluding tert-OH is 1. The van der Waals surface area contributed by atoms with Crippen molar-refractivity contribution in [3.63, 3.8) is 0 Å². The predicted molar refractivity (Wildman–Crippen MR) is 123 cm³/mol. The van der Waals surface area contributed by atoms with Crippen molar-refractivity contribution in [1.29, 1.82) is 0 Å². The molecule has 7 heteroatoms. The van der Waals surface area contributed by atoms with E-state index >= 15 is 0 Å². The van der Waals surface area contributed by atoms with Crippen LogP contribution in [0.4, 0.5) is 0 Å². The molecule has 6 nitrogen and oxygen atoms in total. The van der Waals surface area contributed by atoms with Gasteiger partial charge >= 0.3 is 5.97 Å². The molecule has 166 valence electrons. The molecule has 2 heterocycles. The van der Waals surface area contributed by atoms with E-state index in [1.807, 2.05) is 47.0 Å². The van der Waals surface area contributed by atoms with E-state index in [-0.39, 0.29) is 6.61 Å². The Morgan fingerprint density at radius 3 is 2.81 bits per heavy atom. The zero-order valence-electron chi connectivity index (χ0n) is 17.8. The number of carbonyl (C=O) groups is 1. The van der Waals surface area contributed by atoms with Gasteiger partial charge in [0, 0.05) is 23.6 Å². The zero-order valence-corrected chi connectivity index (χ0v) is 18.6. The van der Waals surface area contributed by atoms with E-state index in [1.54, 1.807) is 0 Å². The van der Waals surface area contributed by atoms with Crippen molar-refractivity contribution in [2.45, 2.75) is 45.9 Å². The van der Waals surface area contributed by atoms with Gasteiger partial charge in [0.25, 0.3) is 0 Å². The minimum absolute atomic E-state index is 0.217. The molecule has 32 heavy (non-hydrogen) atoms. The SMILES string of the molecule is CCCCc1nc(CO)c(Cl)n1Cc1ccc2c(c1)/C(=C\C(=O)O)c1ccccc1CO2. The number of carboxylic acids is 1. The third-order valence-electron chi connectivity index (χ3n) is 5.59. The molecular weight excluding hydrogens is 428 g/mol. The van der Waals surface area contributed by atoms with Crippen LogP contribution in [-0.2, 0) is 31.0 Å². The molecule has 0 fully saturated rings. The molecular formula is C25H25ClN2O4. The van der Waals surface area contributed by atoms with Gasteiger partial charge in [0.05, 0.1) is 13.2 Å². The molecule has 0 saturated heterocycles. The van der Waals surface area contributed by atoms with Crippen molar-refractivity contribution in [3.8, 4) is 5.75 Å². The molecule has 2 aromatic carbocycles. The monoisotopic (exact) mass is 452 g/mol. The Morgan fingerprint density at radius 1 is 1.25 bits per heavy atom. The number of benzene rings is 2. The molecule has 4 rings (SSSR count). The lowest BCUT2D eigenvalue weighted by atomic mass is 9.93. The maximum Gasteiger partial charge on any atom is 0.328 e. The third-order valence-corrected chi connectivity index (χ3v) is 6.01. The normalized spacial score (nSPS) is 13.9. The molecule has 0 unspecified atom stereocenters. The fraction of sp³-hybridized carbons (Fsp3) is 0.280. The van der Waals surface area contributed by atoms with Crippen molar-refractivity contribution in [2.75, 3.05) is 0 Å². The van der Waals surface area contributed by atoms with Crippen molar-refractivity contribution in [3.05, 3.63) is 87.5 Å². The number of aliphatic carboxylic acids is 1. The van der Waals surface area contributed by atoms with Crippen LogP contribution in [0.25, 0.3) is 5.57 Å². The second-order valence-electron chi connectivity index (χ2n) is 7.79. The van der Waals surface area contributed by atoms with Gasteiger partial charge in [-0.1, -0.05) is 55.3 Å². The largest absolute Gasteiger partial charge is 0.488 e. The number of unbranched alkanes of at least 4 members (excludes halogenated alkanes) is 1. The van der Waals surface area contributed by atoms with Gasteiger partial charge in [0.2, 0.25) is 0 Å². The Bertz CT molecular complexity index is 1180. The van der Waals surface area contributed by atoms with Crippen LogP contribution in [0.5, 0.6) is 5.75 Å². The molecule has 2 N–H and O–H groups in total. The number of imidazole rings is 1. The minimum Gasteiger partial charge on any atom is -0.488 e. The molecule has 0 spiro atoms. The highest BCUT2D eigenvalue weighted by Gasteiger charge is 2.21. The van der Waals surface area contributed by atoms with Gasteiger partial charge in [0.1, 0.15) is 29.0 Å². The van der Waals surface area contributed by atoms with Gasteiger partial charge in [-0.15, -0.1) is 0 Å². The number of ether oxygens (including phenoxy) is 1. The topological polar surface area (TPSA) is 84.6 Å². The van der Waals surface area contributed by atoms with E-state index in [0.717, 1.165) is 47.3 Å². The fourth-order valence-electron chi connectivity index (χ4n) is 4.00. The van der Waals surface area contributed by atoms with Gasteiger partial charge in [-0.05, 0) is 35.2 Å². The lowest BCUT2D eigenvalue weighted by Gasteiger charge is -2.14. The maximum absolute atomic E-state index is 11.6. The van der Waals surface area contributed by atoms with E-state index in [0.29, 0.717) is 35.3 Å². The van der Waals surface area contributed by atoms with Crippen LogP contribution in [0.15, 0.2) is 48.5 Å². The summed E-state index contributed by atoms with van der Waals surface area (Å²) in [6.07, 6.45) is 4.00. The highest BCUT2D eigenvalue weighted by atomic mass is 35.5. The number of hydrogen-bond donors (Lipinski definition) is 2. The smallest absolute Gasteiger partial charge is 0.328 e. The number of hydrogen-bond acceptors (Lipinski definition) is 4. The number of rotatable bonds is 7. The Labute approximate surface area is 191 Å². The number of nitrogens with zero attached hydrogens (tertiary/aromatic N) is 2. The van der Waals surface area contributed by atoms with Crippen LogP contribution < -0.4 is 4.74 Å². The van der Waals surface area contributed by atoms with Crippen LogP contribution in [0.3, 0.4) is 0 Å². The third kappa shape index (κ3) is 4.42. The van der Waals surface area contributed by atoms with Gasteiger partial charge in [-0.2, -0.15) is 0 Å². The van der Waals surface area contributed by atoms with Crippen molar-refractivity contribution in [2.24, 2.45) is 0 Å². The fourth-order valence-corrected chi connectivity index (χ4v) is 4.26. The van der Waals surface area contributed by atoms with Crippen molar-refractivity contribution >= 4 is 23.1 Å². The van der Waals surface area contributed by atoms with E-state index < -0.39 is 5.97 Å². The average Bonchev–Trinajstić information content (AvgIpc) is 3.00. The summed E-state index contributed by atoms with van der Waals surface area (Å²) in [6.45, 7) is 2.72. The first kappa shape index (κ1) is 22.1. The predicted octanol–water partition coefficient (Wildman–Crippen LogP) is 4.83. The van der Waals surface area contributed by atoms with Gasteiger partial charge in [-0.25, -0.2) is 9.78 Å². The van der Waals surface area contributed by atoms with Crippen LogP contribution in [0, 0.1) is 0 Å². The molecule has 1 aliphatic heterocycles. The van der Waals surface area contributed by atoms with Crippen LogP contribution in [0.2, 0.25) is 5.15 Å². The van der Waals surface area contributed by atoms with Gasteiger partial charge < -0.3 is 19.5 Å². The molecule has 0 atom stereocenters. The van der Waals surface area contributed by atoms with E-state index in [1.165, 1.54) is 6.08 Å². The number of aryl methyl sites for hydroxylation is 1. The van der Waals surface area contributed by atoms with Gasteiger partial charge in [0.15, 0.2) is 0 Å². The zero-order chi connectivity index (χ0) is 22.7. The summed E-state index contributed by atoms with van der Waals surface area (Å²) >= 11 is 6.52. The molecule has 1 aromatic heterocycles. The first-order chi connectivity index (χ1) is 15.5. The summed E-state index contributed by atoms with van der Waals surface area (Å²) in [5, 5.41) is 19.6. The maximum atomic E-state index is 11.6. The minimum atomic E-state index is -1.01. The summed E-state index contributed by atoms with van der Waals surface area (Å²) in [6, 6.07) is 13.4. The quantitative estimate of drug-likeness (QED) is 0.501. The lowest BCUT2D eigenvalue weighted by Crippen LogP contribution is -2.06. The number of halogens is 1. The molecule has 0 amide bonds. The Balaban J connectivity index is 1.78. The molecule has 0 aliphatic carbocycles. The molecule has 0 bridgehead atoms. The first-order valence-corrected chi connectivity index (χ1v) is 11.0. The van der Waals surface area contributed by atoms with Crippen LogP contribution in [-0.4, -0.2) is 25.7 Å². The van der Waals surface area contributed by atoms with E-state index in [2.05, 4.69) is 11.9 Å². The number of aromatic nitrogens is 2. The molecule has 3 aromatic rings. The lowest BCUT2D eigenvalue weighted by molar-refractivity contribution is -0.131. The summed E-state index contributed by atoms with van der Waals surface area (Å²) in [4.78, 5) is 16.1. The Kier molecular flexibility index (Phi) is 6.63. The molecule has 1 aliphatic rings. The van der Waals surface area contributed by atoms with Crippen molar-refractivity contribution < 1.29 is 19.7 Å². The average molecular weight is 453 g/mol. The summed E-state index contributed by atoms with van der Waals surface area (Å²) in [5.41, 5.74) is 4.52. The summed E-state index contributed by atoms with van der Waals surface area (Å²) < 4.78 is 7.92. The second-order valence-corrected chi connectivity index (χ2v) is 8.14. The summed E-state index contributed by atoms with van der Waals surface area (Å²) in [7, 11) is 0. The second kappa shape index (κ2) is 9.59. The van der Waals surface area contributed by atoms with E-state index in [4.69, 9.17) is 16.3 Å². The standard InChI is InChI=1S/C25H25ClN2O4/c1-2-3-8-23-27-21(14-29)25(26)28(23)13-16-9-10-22-20(11-16)19(12-24(30)31)18-7-5-4-6-17(18)15-32-22/h4-7,9-12,29H,2-3,8,13-15H2,1H3,(H,30,31)/b19-12-. The molecule has 0 saturated carbocycles. The van der Waals surface area contributed by atoms with Crippen LogP contribution >= 0.6 is 11.6 Å². The summed E-state index contributed by atoms with van der Waals surface area (Å²) in [5.74, 6) is 0.454. The highest BCUT2D eigenvalue weighted by molar-refractivity contribution is 6.30. The number of fused-ring (bicyclic) bond motifs is 2. The first-order valence-electron chi connectivity index (χ1n) is 10.7. The molecule has 0 radical (unpaired) electrons. The Hall–Kier alpha value is -3.09. The Morgan fingerprint density at radius 2 is 2.06 bits per heavy atom. The number of aliphatic hydroxyl groups is 1.